The third-order valence-corrected chi connectivity index (χ3v) is 4.27. The van der Waals surface area contributed by atoms with E-state index in [2.05, 4.69) is 18.8 Å². The maximum absolute atomic E-state index is 12.6. The van der Waals surface area contributed by atoms with Gasteiger partial charge < -0.3 is 15.4 Å². The first kappa shape index (κ1) is 18.4. The summed E-state index contributed by atoms with van der Waals surface area (Å²) in [6, 6.07) is 0.163. The average Bonchev–Trinajstić information content (AvgIpc) is 2.87. The number of hydrogen-bond donors (Lipinski definition) is 1. The van der Waals surface area contributed by atoms with Crippen LogP contribution in [0.5, 0.6) is 0 Å². The number of nitrogens with zero attached hydrogens (tertiary/aromatic N) is 2. The van der Waals surface area contributed by atoms with Gasteiger partial charge in [-0.25, -0.2) is 4.98 Å². The lowest BCUT2D eigenvalue weighted by atomic mass is 10.0. The molecule has 1 atom stereocenters. The highest BCUT2D eigenvalue weighted by molar-refractivity contribution is 7.09. The van der Waals surface area contributed by atoms with Crippen molar-refractivity contribution in [1.82, 2.24) is 9.88 Å². The molecule has 0 radical (unpaired) electrons. The first-order chi connectivity index (χ1) is 9.61. The van der Waals surface area contributed by atoms with Crippen molar-refractivity contribution in [1.29, 1.82) is 0 Å². The molecule has 1 unspecified atom stereocenters. The molecule has 0 saturated carbocycles. The van der Waals surface area contributed by atoms with Crippen LogP contribution in [-0.2, 0) is 11.2 Å². The minimum atomic E-state index is 0. The molecule has 5 nitrogen and oxygen atoms in total. The third kappa shape index (κ3) is 4.92. The molecular formula is C14H24ClN3O2S. The Hall–Kier alpha value is -0.690. The molecule has 1 aromatic heterocycles. The van der Waals surface area contributed by atoms with E-state index in [1.807, 2.05) is 10.3 Å². The predicted molar refractivity (Wildman–Crippen MR) is 87.2 cm³/mol. The minimum absolute atomic E-state index is 0. The summed E-state index contributed by atoms with van der Waals surface area (Å²) in [5.41, 5.74) is 6.07. The lowest BCUT2D eigenvalue weighted by Gasteiger charge is -2.36. The standard InChI is InChI=1S/C14H23N3O2S.ClH/c1-10(2)7-11-8-19-6-5-17(11)14(18)12-9-20-13(16-12)3-4-15;/h9-11H,3-8,15H2,1-2H3;1H. The minimum Gasteiger partial charge on any atom is -0.377 e. The summed E-state index contributed by atoms with van der Waals surface area (Å²) in [5.74, 6) is 0.568. The van der Waals surface area contributed by atoms with Gasteiger partial charge in [-0.05, 0) is 18.9 Å². The van der Waals surface area contributed by atoms with Crippen molar-refractivity contribution >= 4 is 29.7 Å². The normalized spacial score (nSPS) is 18.7. The molecule has 1 aromatic rings. The van der Waals surface area contributed by atoms with E-state index in [1.165, 1.54) is 11.3 Å². The molecule has 120 valence electrons. The summed E-state index contributed by atoms with van der Waals surface area (Å²) in [6.07, 6.45) is 1.70. The number of thiazole rings is 1. The molecular weight excluding hydrogens is 310 g/mol. The van der Waals surface area contributed by atoms with Crippen molar-refractivity contribution in [3.8, 4) is 0 Å². The molecule has 2 heterocycles. The first-order valence-corrected chi connectivity index (χ1v) is 8.03. The highest BCUT2D eigenvalue weighted by Gasteiger charge is 2.29. The van der Waals surface area contributed by atoms with Crippen LogP contribution >= 0.6 is 23.7 Å². The fraction of sp³-hybridized carbons (Fsp3) is 0.714. The van der Waals surface area contributed by atoms with Gasteiger partial charge in [0.2, 0.25) is 0 Å². The van der Waals surface area contributed by atoms with E-state index in [-0.39, 0.29) is 24.4 Å². The SMILES string of the molecule is CC(C)CC1COCCN1C(=O)c1csc(CCN)n1.Cl. The predicted octanol–water partition coefficient (Wildman–Crippen LogP) is 1.95. The molecule has 1 aliphatic rings. The van der Waals surface area contributed by atoms with E-state index in [0.29, 0.717) is 37.9 Å². The summed E-state index contributed by atoms with van der Waals surface area (Å²) in [6.45, 7) is 6.79. The quantitative estimate of drug-likeness (QED) is 0.894. The maximum Gasteiger partial charge on any atom is 0.273 e. The molecule has 2 rings (SSSR count). The van der Waals surface area contributed by atoms with E-state index >= 15 is 0 Å². The van der Waals surface area contributed by atoms with E-state index in [0.717, 1.165) is 17.8 Å². The summed E-state index contributed by atoms with van der Waals surface area (Å²) >= 11 is 1.51. The average molecular weight is 334 g/mol. The van der Waals surface area contributed by atoms with E-state index in [4.69, 9.17) is 10.5 Å². The van der Waals surface area contributed by atoms with Gasteiger partial charge in [0, 0.05) is 18.3 Å². The largest absolute Gasteiger partial charge is 0.377 e. The molecule has 1 saturated heterocycles. The molecule has 21 heavy (non-hydrogen) atoms. The second kappa shape index (κ2) is 8.68. The van der Waals surface area contributed by atoms with Crippen molar-refractivity contribution in [2.75, 3.05) is 26.3 Å². The first-order valence-electron chi connectivity index (χ1n) is 7.15. The monoisotopic (exact) mass is 333 g/mol. The molecule has 2 N–H and O–H groups in total. The van der Waals surface area contributed by atoms with Crippen LogP contribution in [0.2, 0.25) is 0 Å². The Bertz CT molecular complexity index is 453. The molecule has 7 heteroatoms. The van der Waals surface area contributed by atoms with Crippen molar-refractivity contribution in [2.45, 2.75) is 32.7 Å². The number of carbonyl (C=O) groups excluding carboxylic acids is 1. The number of nitrogens with two attached hydrogens (primary N) is 1. The van der Waals surface area contributed by atoms with Crippen LogP contribution in [0.3, 0.4) is 0 Å². The summed E-state index contributed by atoms with van der Waals surface area (Å²) in [5, 5.41) is 2.78. The summed E-state index contributed by atoms with van der Waals surface area (Å²) in [7, 11) is 0. The van der Waals surface area contributed by atoms with Gasteiger partial charge in [-0.15, -0.1) is 23.7 Å². The topological polar surface area (TPSA) is 68.5 Å². The zero-order valence-corrected chi connectivity index (χ0v) is 14.2. The number of carbonyl (C=O) groups is 1. The van der Waals surface area contributed by atoms with Crippen LogP contribution in [0, 0.1) is 5.92 Å². The Morgan fingerprint density at radius 2 is 2.38 bits per heavy atom. The van der Waals surface area contributed by atoms with E-state index in [1.54, 1.807) is 0 Å². The van der Waals surface area contributed by atoms with Gasteiger partial charge in [0.25, 0.3) is 5.91 Å². The fourth-order valence-corrected chi connectivity index (χ4v) is 3.24. The second-order valence-corrected chi connectivity index (χ2v) is 6.46. The van der Waals surface area contributed by atoms with Gasteiger partial charge in [0.05, 0.1) is 24.3 Å². The lowest BCUT2D eigenvalue weighted by Crippen LogP contribution is -2.49. The Labute approximate surface area is 136 Å². The van der Waals surface area contributed by atoms with Crippen LogP contribution in [0.25, 0.3) is 0 Å². The van der Waals surface area contributed by atoms with Gasteiger partial charge >= 0.3 is 0 Å². The number of hydrogen-bond acceptors (Lipinski definition) is 5. The third-order valence-electron chi connectivity index (χ3n) is 3.36. The molecule has 0 spiro atoms. The zero-order valence-electron chi connectivity index (χ0n) is 12.6. The molecule has 0 aromatic carbocycles. The Morgan fingerprint density at radius 1 is 1.62 bits per heavy atom. The molecule has 0 bridgehead atoms. The highest BCUT2D eigenvalue weighted by atomic mass is 35.5. The van der Waals surface area contributed by atoms with Crippen molar-refractivity contribution in [3.63, 3.8) is 0 Å². The van der Waals surface area contributed by atoms with Gasteiger partial charge in [-0.2, -0.15) is 0 Å². The van der Waals surface area contributed by atoms with Crippen molar-refractivity contribution in [2.24, 2.45) is 11.7 Å². The van der Waals surface area contributed by atoms with Crippen LogP contribution in [-0.4, -0.2) is 48.1 Å². The van der Waals surface area contributed by atoms with Crippen molar-refractivity contribution in [3.05, 3.63) is 16.1 Å². The van der Waals surface area contributed by atoms with E-state index in [9.17, 15) is 4.79 Å². The van der Waals surface area contributed by atoms with Gasteiger partial charge in [0.1, 0.15) is 5.69 Å². The number of amides is 1. The van der Waals surface area contributed by atoms with Crippen LogP contribution in [0.4, 0.5) is 0 Å². The van der Waals surface area contributed by atoms with Crippen LogP contribution in [0.15, 0.2) is 5.38 Å². The molecule has 0 aliphatic carbocycles. The van der Waals surface area contributed by atoms with E-state index < -0.39 is 0 Å². The smallest absolute Gasteiger partial charge is 0.273 e. The lowest BCUT2D eigenvalue weighted by molar-refractivity contribution is -0.00772. The number of morpholine rings is 1. The Kier molecular flexibility index (Phi) is 7.59. The van der Waals surface area contributed by atoms with Crippen LogP contribution in [0.1, 0.15) is 35.8 Å². The number of aromatic nitrogens is 1. The van der Waals surface area contributed by atoms with Gasteiger partial charge in [0.15, 0.2) is 0 Å². The second-order valence-electron chi connectivity index (χ2n) is 5.52. The molecule has 1 aliphatic heterocycles. The van der Waals surface area contributed by atoms with Crippen molar-refractivity contribution < 1.29 is 9.53 Å². The number of rotatable bonds is 5. The van der Waals surface area contributed by atoms with Gasteiger partial charge in [-0.3, -0.25) is 4.79 Å². The zero-order chi connectivity index (χ0) is 14.5. The fourth-order valence-electron chi connectivity index (χ4n) is 2.46. The molecule has 1 fully saturated rings. The van der Waals surface area contributed by atoms with Gasteiger partial charge in [-0.1, -0.05) is 13.8 Å². The number of ether oxygens (including phenoxy) is 1. The summed E-state index contributed by atoms with van der Waals surface area (Å²) in [4.78, 5) is 18.9. The number of halogens is 1. The Morgan fingerprint density at radius 3 is 3.05 bits per heavy atom. The Balaban J connectivity index is 0.00000220. The highest BCUT2D eigenvalue weighted by Crippen LogP contribution is 2.19. The van der Waals surface area contributed by atoms with Crippen LogP contribution < -0.4 is 5.73 Å². The summed E-state index contributed by atoms with van der Waals surface area (Å²) < 4.78 is 5.51. The maximum atomic E-state index is 12.6. The molecule has 1 amide bonds.